The summed E-state index contributed by atoms with van der Waals surface area (Å²) in [4.78, 5) is 15.5. The average molecular weight is 370 g/mol. The molecule has 4 aromatic rings. The molecule has 5 rings (SSSR count). The monoisotopic (exact) mass is 370 g/mol. The van der Waals surface area contributed by atoms with Crippen molar-refractivity contribution in [2.45, 2.75) is 6.54 Å². The summed E-state index contributed by atoms with van der Waals surface area (Å²) in [7, 11) is 0. The summed E-state index contributed by atoms with van der Waals surface area (Å²) in [6, 6.07) is 17.4. The molecule has 0 saturated heterocycles. The number of aromatic carboxylic acids is 1. The second kappa shape index (κ2) is 6.16. The van der Waals surface area contributed by atoms with Gasteiger partial charge < -0.3 is 9.67 Å². The van der Waals surface area contributed by atoms with Crippen LogP contribution < -0.4 is 0 Å². The van der Waals surface area contributed by atoms with Gasteiger partial charge in [-0.1, -0.05) is 12.1 Å². The van der Waals surface area contributed by atoms with E-state index in [0.29, 0.717) is 6.54 Å². The van der Waals surface area contributed by atoms with E-state index < -0.39 is 5.97 Å². The highest BCUT2D eigenvalue weighted by molar-refractivity contribution is 6.01. The number of halogens is 1. The molecule has 0 unspecified atom stereocenters. The molecule has 0 fully saturated rings. The molecule has 5 heteroatoms. The van der Waals surface area contributed by atoms with Crippen molar-refractivity contribution in [3.8, 4) is 16.8 Å². The van der Waals surface area contributed by atoms with E-state index in [1.54, 1.807) is 24.3 Å². The smallest absolute Gasteiger partial charge is 0.335 e. The molecule has 0 aliphatic carbocycles. The van der Waals surface area contributed by atoms with Gasteiger partial charge in [-0.25, -0.2) is 9.18 Å². The Labute approximate surface area is 160 Å². The molecule has 4 nitrogen and oxygen atoms in total. The van der Waals surface area contributed by atoms with Crippen LogP contribution in [-0.4, -0.2) is 21.9 Å². The summed E-state index contributed by atoms with van der Waals surface area (Å²) in [5.74, 6) is -1.23. The number of aromatic nitrogens is 1. The fourth-order valence-corrected chi connectivity index (χ4v) is 3.67. The Morgan fingerprint density at radius 3 is 2.50 bits per heavy atom. The van der Waals surface area contributed by atoms with E-state index in [-0.39, 0.29) is 11.4 Å². The van der Waals surface area contributed by atoms with E-state index in [1.165, 1.54) is 12.1 Å². The SMILES string of the molecule is O=C(O)c1ccc(-c2cn(-c3ccc(F)cc3)c3cc4c(cc23)CN=C4)cc1. The molecule has 0 amide bonds. The van der Waals surface area contributed by atoms with Crippen molar-refractivity contribution in [1.29, 1.82) is 0 Å². The van der Waals surface area contributed by atoms with Crippen LogP contribution in [0, 0.1) is 5.82 Å². The highest BCUT2D eigenvalue weighted by atomic mass is 19.1. The fourth-order valence-electron chi connectivity index (χ4n) is 3.67. The summed E-state index contributed by atoms with van der Waals surface area (Å²) < 4.78 is 15.4. The number of carboxylic acid groups (broad SMARTS) is 1. The first-order valence-corrected chi connectivity index (χ1v) is 8.87. The maximum absolute atomic E-state index is 13.4. The van der Waals surface area contributed by atoms with Crippen molar-refractivity contribution in [1.82, 2.24) is 4.57 Å². The van der Waals surface area contributed by atoms with Crippen molar-refractivity contribution in [2.24, 2.45) is 4.99 Å². The Bertz CT molecular complexity index is 1250. The summed E-state index contributed by atoms with van der Waals surface area (Å²) in [6.45, 7) is 0.657. The van der Waals surface area contributed by atoms with Crippen LogP contribution >= 0.6 is 0 Å². The topological polar surface area (TPSA) is 54.6 Å². The zero-order valence-corrected chi connectivity index (χ0v) is 14.8. The number of hydrogen-bond acceptors (Lipinski definition) is 2. The van der Waals surface area contributed by atoms with Crippen LogP contribution in [-0.2, 0) is 6.54 Å². The van der Waals surface area contributed by atoms with E-state index in [2.05, 4.69) is 17.1 Å². The number of hydrogen-bond donors (Lipinski definition) is 1. The number of rotatable bonds is 3. The molecule has 28 heavy (non-hydrogen) atoms. The second-order valence-electron chi connectivity index (χ2n) is 6.81. The van der Waals surface area contributed by atoms with Crippen LogP contribution in [0.3, 0.4) is 0 Å². The van der Waals surface area contributed by atoms with Crippen LogP contribution in [0.4, 0.5) is 4.39 Å². The molecular weight excluding hydrogens is 355 g/mol. The fraction of sp³-hybridized carbons (Fsp3) is 0.0435. The molecular formula is C23H15FN2O2. The maximum atomic E-state index is 13.4. The Kier molecular flexibility index (Phi) is 3.62. The average Bonchev–Trinajstić information content (AvgIpc) is 3.31. The van der Waals surface area contributed by atoms with Gasteiger partial charge >= 0.3 is 5.97 Å². The Morgan fingerprint density at radius 1 is 1.04 bits per heavy atom. The largest absolute Gasteiger partial charge is 0.478 e. The molecule has 2 heterocycles. The minimum absolute atomic E-state index is 0.250. The van der Waals surface area contributed by atoms with E-state index in [0.717, 1.165) is 38.8 Å². The van der Waals surface area contributed by atoms with Crippen molar-refractivity contribution < 1.29 is 14.3 Å². The quantitative estimate of drug-likeness (QED) is 0.548. The van der Waals surface area contributed by atoms with Crippen molar-refractivity contribution in [3.05, 3.63) is 89.4 Å². The van der Waals surface area contributed by atoms with Crippen LogP contribution in [0.15, 0.2) is 71.9 Å². The summed E-state index contributed by atoms with van der Waals surface area (Å²) in [6.07, 6.45) is 3.89. The van der Waals surface area contributed by atoms with Gasteiger partial charge in [0.2, 0.25) is 0 Å². The molecule has 0 radical (unpaired) electrons. The molecule has 1 aliphatic rings. The van der Waals surface area contributed by atoms with Crippen LogP contribution in [0.1, 0.15) is 21.5 Å². The van der Waals surface area contributed by atoms with Gasteiger partial charge in [0.25, 0.3) is 0 Å². The second-order valence-corrected chi connectivity index (χ2v) is 6.81. The van der Waals surface area contributed by atoms with Crippen molar-refractivity contribution in [2.75, 3.05) is 0 Å². The molecule has 0 saturated carbocycles. The summed E-state index contributed by atoms with van der Waals surface area (Å²) >= 11 is 0. The van der Waals surface area contributed by atoms with Gasteiger partial charge in [-0.05, 0) is 65.2 Å². The van der Waals surface area contributed by atoms with E-state index in [1.807, 2.05) is 29.1 Å². The first kappa shape index (κ1) is 16.4. The van der Waals surface area contributed by atoms with Gasteiger partial charge in [-0.15, -0.1) is 0 Å². The maximum Gasteiger partial charge on any atom is 0.335 e. The van der Waals surface area contributed by atoms with Crippen molar-refractivity contribution >= 4 is 23.1 Å². The lowest BCUT2D eigenvalue weighted by atomic mass is 10.0. The van der Waals surface area contributed by atoms with Gasteiger partial charge in [-0.2, -0.15) is 0 Å². The predicted octanol–water partition coefficient (Wildman–Crippen LogP) is 5.07. The van der Waals surface area contributed by atoms with E-state index in [9.17, 15) is 9.18 Å². The third-order valence-corrected chi connectivity index (χ3v) is 5.11. The first-order valence-electron chi connectivity index (χ1n) is 8.87. The lowest BCUT2D eigenvalue weighted by Gasteiger charge is -2.06. The lowest BCUT2D eigenvalue weighted by molar-refractivity contribution is 0.0697. The van der Waals surface area contributed by atoms with Gasteiger partial charge in [0.15, 0.2) is 0 Å². The number of benzene rings is 3. The number of carboxylic acids is 1. The number of fused-ring (bicyclic) bond motifs is 2. The number of nitrogens with zero attached hydrogens (tertiary/aromatic N) is 2. The molecule has 136 valence electrons. The minimum Gasteiger partial charge on any atom is -0.478 e. The summed E-state index contributed by atoms with van der Waals surface area (Å²) in [5.41, 5.74) is 6.27. The Morgan fingerprint density at radius 2 is 1.79 bits per heavy atom. The van der Waals surface area contributed by atoms with E-state index >= 15 is 0 Å². The molecule has 0 bridgehead atoms. The lowest BCUT2D eigenvalue weighted by Crippen LogP contribution is -1.94. The van der Waals surface area contributed by atoms with Crippen molar-refractivity contribution in [3.63, 3.8) is 0 Å². The third kappa shape index (κ3) is 2.60. The molecule has 1 N–H and O–H groups in total. The number of aliphatic imine (C=N–C) groups is 1. The zero-order chi connectivity index (χ0) is 19.3. The van der Waals surface area contributed by atoms with E-state index in [4.69, 9.17) is 5.11 Å². The standard InChI is InChI=1S/C23H15FN2O2/c24-18-5-7-19(8-6-18)26-13-21(14-1-3-15(4-2-14)23(27)28)20-9-16-11-25-12-17(16)10-22(20)26/h1-10,12-13H,11H2,(H,27,28). The number of carbonyl (C=O) groups is 1. The highest BCUT2D eigenvalue weighted by Gasteiger charge is 2.16. The first-order chi connectivity index (χ1) is 13.6. The zero-order valence-electron chi connectivity index (χ0n) is 14.8. The molecule has 0 spiro atoms. The minimum atomic E-state index is -0.949. The molecule has 0 atom stereocenters. The van der Waals surface area contributed by atoms with Crippen LogP contribution in [0.25, 0.3) is 27.7 Å². The Balaban J connectivity index is 1.75. The van der Waals surface area contributed by atoms with Crippen LogP contribution in [0.5, 0.6) is 0 Å². The van der Waals surface area contributed by atoms with Gasteiger partial charge in [0, 0.05) is 29.0 Å². The molecule has 3 aromatic carbocycles. The van der Waals surface area contributed by atoms with Crippen LogP contribution in [0.2, 0.25) is 0 Å². The summed E-state index contributed by atoms with van der Waals surface area (Å²) in [5, 5.41) is 10.2. The highest BCUT2D eigenvalue weighted by Crippen LogP contribution is 2.35. The third-order valence-electron chi connectivity index (χ3n) is 5.11. The normalized spacial score (nSPS) is 12.5. The van der Waals surface area contributed by atoms with Gasteiger partial charge in [0.05, 0.1) is 17.6 Å². The predicted molar refractivity (Wildman–Crippen MR) is 107 cm³/mol. The Hall–Kier alpha value is -3.73. The van der Waals surface area contributed by atoms with Gasteiger partial charge in [0.1, 0.15) is 5.82 Å². The molecule has 1 aromatic heterocycles. The van der Waals surface area contributed by atoms with Gasteiger partial charge in [-0.3, -0.25) is 4.99 Å². The molecule has 1 aliphatic heterocycles.